The Kier molecular flexibility index (Phi) is 11.9. The summed E-state index contributed by atoms with van der Waals surface area (Å²) in [7, 11) is -4.02. The first-order valence-corrected chi connectivity index (χ1v) is 19.4. The molecule has 0 unspecified atom stereocenters. The minimum absolute atomic E-state index is 0.0171. The van der Waals surface area contributed by atoms with Gasteiger partial charge in [0.05, 0.1) is 18.8 Å². The molecule has 11 nitrogen and oxygen atoms in total. The van der Waals surface area contributed by atoms with E-state index in [0.29, 0.717) is 5.56 Å². The zero-order chi connectivity index (χ0) is 38.3. The summed E-state index contributed by atoms with van der Waals surface area (Å²) >= 11 is 0. The minimum Gasteiger partial charge on any atom is -0.365 e. The van der Waals surface area contributed by atoms with Crippen LogP contribution in [-0.2, 0) is 34.4 Å². The summed E-state index contributed by atoms with van der Waals surface area (Å²) in [4.78, 5) is 30.7. The molecule has 1 amide bonds. The Balaban J connectivity index is 1.45. The molecule has 1 aliphatic rings. The van der Waals surface area contributed by atoms with E-state index in [-0.39, 0.29) is 12.4 Å². The smallest absolute Gasteiger partial charge is 0.363 e. The summed E-state index contributed by atoms with van der Waals surface area (Å²) in [6.45, 7) is 6.60. The van der Waals surface area contributed by atoms with E-state index in [9.17, 15) is 19.3 Å². The van der Waals surface area contributed by atoms with E-state index in [1.165, 1.54) is 24.4 Å². The van der Waals surface area contributed by atoms with E-state index >= 15 is 0 Å². The van der Waals surface area contributed by atoms with Gasteiger partial charge < -0.3 is 28.9 Å². The van der Waals surface area contributed by atoms with E-state index in [0.717, 1.165) is 21.3 Å². The second-order valence-corrected chi connectivity index (χ2v) is 15.4. The molecule has 2 heterocycles. The van der Waals surface area contributed by atoms with Crippen LogP contribution in [0.5, 0.6) is 0 Å². The lowest BCUT2D eigenvalue weighted by atomic mass is 9.80. The highest BCUT2D eigenvalue weighted by atomic mass is 31.2. The number of hydrogen-bond donors (Lipinski definition) is 2. The molecule has 0 spiro atoms. The molecule has 0 aliphatic carbocycles. The Labute approximate surface area is 314 Å². The van der Waals surface area contributed by atoms with Crippen molar-refractivity contribution in [3.8, 4) is 0 Å². The highest BCUT2D eigenvalue weighted by molar-refractivity contribution is 7.54. The van der Waals surface area contributed by atoms with Crippen LogP contribution in [-0.4, -0.2) is 51.3 Å². The molecule has 6 rings (SSSR count). The van der Waals surface area contributed by atoms with Gasteiger partial charge in [0, 0.05) is 11.8 Å². The normalized spacial score (nSPS) is 18.9. The fourth-order valence-corrected chi connectivity index (χ4v) is 8.51. The van der Waals surface area contributed by atoms with E-state index in [4.69, 9.17) is 18.5 Å². The summed E-state index contributed by atoms with van der Waals surface area (Å²) < 4.78 is 40.7. The Morgan fingerprint density at radius 3 is 1.78 bits per heavy atom. The molecule has 0 saturated carbocycles. The number of amides is 1. The van der Waals surface area contributed by atoms with Crippen LogP contribution in [0.25, 0.3) is 0 Å². The van der Waals surface area contributed by atoms with Gasteiger partial charge in [-0.15, -0.1) is 0 Å². The van der Waals surface area contributed by atoms with E-state index in [1.54, 1.807) is 58.0 Å². The summed E-state index contributed by atoms with van der Waals surface area (Å²) in [6, 6.07) is 38.8. The molecule has 4 aromatic carbocycles. The van der Waals surface area contributed by atoms with Gasteiger partial charge in [0.25, 0.3) is 5.91 Å². The van der Waals surface area contributed by atoms with Crippen LogP contribution in [0, 0.1) is 0 Å². The lowest BCUT2D eigenvalue weighted by Gasteiger charge is -2.43. The quantitative estimate of drug-likeness (QED) is 0.0673. The lowest BCUT2D eigenvalue weighted by molar-refractivity contribution is -0.180. The van der Waals surface area contributed by atoms with Crippen molar-refractivity contribution in [3.63, 3.8) is 0 Å². The third kappa shape index (κ3) is 8.22. The highest BCUT2D eigenvalue weighted by Crippen LogP contribution is 2.58. The van der Waals surface area contributed by atoms with Gasteiger partial charge in [-0.1, -0.05) is 109 Å². The van der Waals surface area contributed by atoms with Crippen molar-refractivity contribution < 1.29 is 33.0 Å². The minimum atomic E-state index is -4.02. The fraction of sp³-hybridized carbons (Fsp3) is 0.262. The number of benzene rings is 4. The van der Waals surface area contributed by atoms with Crippen molar-refractivity contribution in [2.45, 2.75) is 63.2 Å². The van der Waals surface area contributed by atoms with E-state index in [2.05, 4.69) is 10.3 Å². The first-order valence-electron chi connectivity index (χ1n) is 17.8. The molecule has 1 aliphatic heterocycles. The molecule has 5 aromatic rings. The van der Waals surface area contributed by atoms with Gasteiger partial charge in [-0.05, 0) is 74.7 Å². The molecule has 280 valence electrons. The number of anilines is 1. The molecular weight excluding hydrogens is 705 g/mol. The van der Waals surface area contributed by atoms with Crippen LogP contribution in [0.1, 0.15) is 54.7 Å². The standard InChI is InChI=1S/C42H44N3O8P/c1-30(2)52-54(49,53-31(3)4)38-25-27-41(48,45-28-26-37(44-40(45)47)43-39(46)32-17-9-5-10-18-32)36(51-38)29-50-42(33-19-11-6-12-20-33,34-21-13-7-14-22-34)35-23-15-8-16-24-35/h5-28,30-31,36,38,48H,29H2,1-4H3,(H,43,44,46,47)/t36-,38+,41-/m1/s1. The Morgan fingerprint density at radius 1 is 0.833 bits per heavy atom. The van der Waals surface area contributed by atoms with Crippen LogP contribution in [0.15, 0.2) is 151 Å². The largest absolute Gasteiger partial charge is 0.365 e. The maximum Gasteiger partial charge on any atom is 0.363 e. The molecule has 12 heteroatoms. The predicted molar refractivity (Wildman–Crippen MR) is 206 cm³/mol. The van der Waals surface area contributed by atoms with Gasteiger partial charge in [0.2, 0.25) is 0 Å². The molecule has 54 heavy (non-hydrogen) atoms. The average Bonchev–Trinajstić information content (AvgIpc) is 3.16. The van der Waals surface area contributed by atoms with Gasteiger partial charge in [-0.25, -0.2) is 4.79 Å². The van der Waals surface area contributed by atoms with Crippen LogP contribution < -0.4 is 11.0 Å². The van der Waals surface area contributed by atoms with Crippen LogP contribution >= 0.6 is 7.60 Å². The van der Waals surface area contributed by atoms with Gasteiger partial charge in [0.15, 0.2) is 11.6 Å². The Bertz CT molecular complexity index is 2040. The summed E-state index contributed by atoms with van der Waals surface area (Å²) in [5.74, 6) is -1.75. The molecule has 3 atom stereocenters. The maximum atomic E-state index is 14.4. The van der Waals surface area contributed by atoms with Crippen LogP contribution in [0.4, 0.5) is 5.82 Å². The zero-order valence-corrected chi connectivity index (χ0v) is 31.4. The second-order valence-electron chi connectivity index (χ2n) is 13.4. The third-order valence-electron chi connectivity index (χ3n) is 8.77. The average molecular weight is 750 g/mol. The van der Waals surface area contributed by atoms with Gasteiger partial charge >= 0.3 is 13.3 Å². The summed E-state index contributed by atoms with van der Waals surface area (Å²) in [5, 5.41) is 15.2. The predicted octanol–water partition coefficient (Wildman–Crippen LogP) is 7.47. The van der Waals surface area contributed by atoms with Crippen molar-refractivity contribution >= 4 is 19.3 Å². The molecule has 0 radical (unpaired) electrons. The molecule has 0 bridgehead atoms. The zero-order valence-electron chi connectivity index (χ0n) is 30.5. The van der Waals surface area contributed by atoms with Crippen LogP contribution in [0.2, 0.25) is 0 Å². The first kappa shape index (κ1) is 38.7. The Hall–Kier alpha value is -5.00. The fourth-order valence-electron chi connectivity index (χ4n) is 6.45. The van der Waals surface area contributed by atoms with E-state index in [1.807, 2.05) is 91.0 Å². The maximum absolute atomic E-state index is 14.4. The summed E-state index contributed by atoms with van der Waals surface area (Å²) in [6.07, 6.45) is 1.65. The molecule has 0 fully saturated rings. The number of ether oxygens (including phenoxy) is 2. The van der Waals surface area contributed by atoms with Gasteiger partial charge in [-0.3, -0.25) is 13.9 Å². The Morgan fingerprint density at radius 2 is 1.31 bits per heavy atom. The van der Waals surface area contributed by atoms with Gasteiger partial charge in [0.1, 0.15) is 17.5 Å². The number of aromatic nitrogens is 2. The SMILES string of the molecule is CC(C)OP(=O)(OC(C)C)[C@H]1C=C[C@](O)(n2ccc(NC(=O)c3ccccc3)nc2=O)[C@@H](COC(c2ccccc2)(c2ccccc2)c2ccccc2)O1. The topological polar surface area (TPSA) is 138 Å². The van der Waals surface area contributed by atoms with Gasteiger partial charge in [-0.2, -0.15) is 4.98 Å². The number of aliphatic hydroxyl groups is 1. The highest BCUT2D eigenvalue weighted by Gasteiger charge is 2.50. The third-order valence-corrected chi connectivity index (χ3v) is 11.1. The van der Waals surface area contributed by atoms with Crippen molar-refractivity contribution in [1.29, 1.82) is 0 Å². The molecular formula is C42H44N3O8P. The summed E-state index contributed by atoms with van der Waals surface area (Å²) in [5.41, 5.74) is -1.58. The number of nitrogens with one attached hydrogen (secondary N) is 1. The number of rotatable bonds is 14. The molecule has 0 saturated heterocycles. The number of carbonyl (C=O) groups is 1. The van der Waals surface area contributed by atoms with Crippen LogP contribution in [0.3, 0.4) is 0 Å². The van der Waals surface area contributed by atoms with Crippen molar-refractivity contribution in [3.05, 3.63) is 178 Å². The van der Waals surface area contributed by atoms with Crippen molar-refractivity contribution in [1.82, 2.24) is 9.55 Å². The number of hydrogen-bond acceptors (Lipinski definition) is 9. The van der Waals surface area contributed by atoms with Crippen molar-refractivity contribution in [2.24, 2.45) is 0 Å². The van der Waals surface area contributed by atoms with Crippen molar-refractivity contribution in [2.75, 3.05) is 11.9 Å². The van der Waals surface area contributed by atoms with E-state index < -0.39 is 54.7 Å². The molecule has 1 aromatic heterocycles. The number of nitrogens with zero attached hydrogens (tertiary/aromatic N) is 2. The number of carbonyl (C=O) groups excluding carboxylic acids is 1. The second kappa shape index (κ2) is 16.6. The first-order chi connectivity index (χ1) is 25.9. The molecule has 2 N–H and O–H groups in total. The lowest BCUT2D eigenvalue weighted by Crippen LogP contribution is -2.55. The monoisotopic (exact) mass is 749 g/mol.